The molecule has 2 aromatic rings. The summed E-state index contributed by atoms with van der Waals surface area (Å²) in [5, 5.41) is 2.32. The van der Waals surface area contributed by atoms with E-state index in [1.807, 2.05) is 0 Å². The van der Waals surface area contributed by atoms with Crippen LogP contribution in [0.5, 0.6) is 0 Å². The molecule has 0 bridgehead atoms. The number of carbonyl (C=O) groups excluding carboxylic acids is 1. The van der Waals surface area contributed by atoms with Crippen LogP contribution < -0.4 is 11.1 Å². The molecule has 3 nitrogen and oxygen atoms in total. The van der Waals surface area contributed by atoms with Crippen LogP contribution in [0.25, 0.3) is 0 Å². The van der Waals surface area contributed by atoms with E-state index < -0.39 is 23.3 Å². The third-order valence-corrected chi connectivity index (χ3v) is 4.01. The number of amides is 1. The van der Waals surface area contributed by atoms with Crippen molar-refractivity contribution in [2.45, 2.75) is 6.18 Å². The van der Waals surface area contributed by atoms with Crippen LogP contribution in [0.4, 0.5) is 24.5 Å². The number of nitrogen functional groups attached to an aromatic ring is 1. The topological polar surface area (TPSA) is 55.1 Å². The van der Waals surface area contributed by atoms with E-state index in [1.54, 1.807) is 0 Å². The predicted octanol–water partition coefficient (Wildman–Crippen LogP) is 4.91. The second kappa shape index (κ2) is 5.75. The Bertz CT molecular complexity index is 700. The fourth-order valence-corrected chi connectivity index (χ4v) is 3.03. The molecule has 0 saturated carbocycles. The average molecular weight is 355 g/mol. The summed E-state index contributed by atoms with van der Waals surface area (Å²) < 4.78 is 38.6. The number of halogens is 5. The SMILES string of the molecule is Nc1ccc(NC(=O)c2cc(Cl)sc2Cl)cc1C(F)(F)F. The third kappa shape index (κ3) is 3.61. The smallest absolute Gasteiger partial charge is 0.398 e. The van der Waals surface area contributed by atoms with Crippen molar-refractivity contribution in [2.75, 3.05) is 11.1 Å². The van der Waals surface area contributed by atoms with E-state index in [2.05, 4.69) is 5.32 Å². The number of benzene rings is 1. The molecule has 0 radical (unpaired) electrons. The molecule has 1 heterocycles. The van der Waals surface area contributed by atoms with Crippen LogP contribution in [-0.2, 0) is 6.18 Å². The number of nitrogens with one attached hydrogen (secondary N) is 1. The minimum atomic E-state index is -4.60. The van der Waals surface area contributed by atoms with Gasteiger partial charge in [0.25, 0.3) is 5.91 Å². The number of thiophene rings is 1. The molecule has 1 aromatic carbocycles. The maximum Gasteiger partial charge on any atom is 0.418 e. The standard InChI is InChI=1S/C12H7Cl2F3N2OS/c13-9-4-6(10(14)21-9)11(20)19-5-1-2-8(18)7(3-5)12(15,16)17/h1-4H,18H2,(H,19,20). The molecule has 0 atom stereocenters. The van der Waals surface area contributed by atoms with Crippen molar-refractivity contribution in [3.63, 3.8) is 0 Å². The quantitative estimate of drug-likeness (QED) is 0.753. The van der Waals surface area contributed by atoms with Crippen molar-refractivity contribution in [3.8, 4) is 0 Å². The minimum Gasteiger partial charge on any atom is -0.398 e. The lowest BCUT2D eigenvalue weighted by Crippen LogP contribution is -2.14. The van der Waals surface area contributed by atoms with Crippen LogP contribution in [0, 0.1) is 0 Å². The Morgan fingerprint density at radius 2 is 1.90 bits per heavy atom. The first kappa shape index (κ1) is 15.9. The van der Waals surface area contributed by atoms with Crippen molar-refractivity contribution in [1.29, 1.82) is 0 Å². The van der Waals surface area contributed by atoms with Gasteiger partial charge in [-0.2, -0.15) is 13.2 Å². The van der Waals surface area contributed by atoms with Crippen molar-refractivity contribution < 1.29 is 18.0 Å². The Hall–Kier alpha value is -1.44. The number of rotatable bonds is 2. The van der Waals surface area contributed by atoms with Crippen molar-refractivity contribution in [3.05, 3.63) is 44.1 Å². The molecule has 0 aliphatic carbocycles. The molecular weight excluding hydrogens is 348 g/mol. The second-order valence-corrected chi connectivity index (χ2v) is 6.28. The summed E-state index contributed by atoms with van der Waals surface area (Å²) in [4.78, 5) is 11.9. The lowest BCUT2D eigenvalue weighted by molar-refractivity contribution is -0.136. The lowest BCUT2D eigenvalue weighted by Gasteiger charge is -2.12. The van der Waals surface area contributed by atoms with E-state index in [0.717, 1.165) is 23.5 Å². The van der Waals surface area contributed by atoms with Gasteiger partial charge in [-0.3, -0.25) is 4.79 Å². The first-order chi connectivity index (χ1) is 9.68. The van der Waals surface area contributed by atoms with Gasteiger partial charge in [0.15, 0.2) is 0 Å². The molecule has 21 heavy (non-hydrogen) atoms. The van der Waals surface area contributed by atoms with E-state index in [9.17, 15) is 18.0 Å². The average Bonchev–Trinajstić information content (AvgIpc) is 2.69. The number of nitrogens with two attached hydrogens (primary N) is 1. The van der Waals surface area contributed by atoms with Gasteiger partial charge in [-0.05, 0) is 24.3 Å². The largest absolute Gasteiger partial charge is 0.418 e. The molecule has 3 N–H and O–H groups in total. The summed E-state index contributed by atoms with van der Waals surface area (Å²) in [6.07, 6.45) is -4.60. The maximum atomic E-state index is 12.7. The van der Waals surface area contributed by atoms with Crippen LogP contribution in [-0.4, -0.2) is 5.91 Å². The molecule has 0 spiro atoms. The fourth-order valence-electron chi connectivity index (χ4n) is 1.57. The van der Waals surface area contributed by atoms with Crippen LogP contribution in [0.1, 0.15) is 15.9 Å². The van der Waals surface area contributed by atoms with Gasteiger partial charge in [0.05, 0.1) is 15.5 Å². The third-order valence-electron chi connectivity index (χ3n) is 2.52. The highest BCUT2D eigenvalue weighted by Gasteiger charge is 2.33. The summed E-state index contributed by atoms with van der Waals surface area (Å²) in [5.74, 6) is -0.652. The molecule has 112 valence electrons. The highest BCUT2D eigenvalue weighted by Crippen LogP contribution is 2.36. The number of hydrogen-bond donors (Lipinski definition) is 2. The summed E-state index contributed by atoms with van der Waals surface area (Å²) in [6, 6.07) is 4.44. The zero-order chi connectivity index (χ0) is 15.8. The van der Waals surface area contributed by atoms with Crippen LogP contribution in [0.15, 0.2) is 24.3 Å². The fraction of sp³-hybridized carbons (Fsp3) is 0.0833. The first-order valence-electron chi connectivity index (χ1n) is 5.41. The molecule has 0 saturated heterocycles. The van der Waals surface area contributed by atoms with Gasteiger partial charge in [-0.25, -0.2) is 0 Å². The van der Waals surface area contributed by atoms with E-state index in [0.29, 0.717) is 4.34 Å². The molecule has 1 aromatic heterocycles. The van der Waals surface area contributed by atoms with Gasteiger partial charge in [-0.15, -0.1) is 11.3 Å². The van der Waals surface area contributed by atoms with Crippen molar-refractivity contribution in [2.24, 2.45) is 0 Å². The Labute approximate surface area is 131 Å². The molecule has 1 amide bonds. The number of hydrogen-bond acceptors (Lipinski definition) is 3. The normalized spacial score (nSPS) is 11.5. The highest BCUT2D eigenvalue weighted by molar-refractivity contribution is 7.20. The van der Waals surface area contributed by atoms with Crippen molar-refractivity contribution in [1.82, 2.24) is 0 Å². The highest BCUT2D eigenvalue weighted by atomic mass is 35.5. The van der Waals surface area contributed by atoms with E-state index in [-0.39, 0.29) is 15.6 Å². The monoisotopic (exact) mass is 354 g/mol. The van der Waals surface area contributed by atoms with Gasteiger partial charge in [0.2, 0.25) is 0 Å². The van der Waals surface area contributed by atoms with Crippen LogP contribution in [0.2, 0.25) is 8.67 Å². The van der Waals surface area contributed by atoms with Crippen LogP contribution in [0.3, 0.4) is 0 Å². The molecule has 2 rings (SSSR count). The Morgan fingerprint density at radius 3 is 2.43 bits per heavy atom. The molecular formula is C12H7Cl2F3N2OS. The molecule has 0 fully saturated rings. The Balaban J connectivity index is 2.28. The second-order valence-electron chi connectivity index (χ2n) is 3.99. The lowest BCUT2D eigenvalue weighted by atomic mass is 10.1. The Kier molecular flexibility index (Phi) is 4.36. The molecule has 0 unspecified atom stereocenters. The Morgan fingerprint density at radius 1 is 1.24 bits per heavy atom. The zero-order valence-electron chi connectivity index (χ0n) is 10.1. The minimum absolute atomic E-state index is 0.0417. The van der Waals surface area contributed by atoms with Gasteiger partial charge in [0, 0.05) is 11.4 Å². The van der Waals surface area contributed by atoms with Crippen molar-refractivity contribution >= 4 is 51.8 Å². The first-order valence-corrected chi connectivity index (χ1v) is 6.98. The summed E-state index contributed by atoms with van der Waals surface area (Å²) >= 11 is 12.5. The van der Waals surface area contributed by atoms with Gasteiger partial charge < -0.3 is 11.1 Å². The predicted molar refractivity (Wildman–Crippen MR) is 78.1 cm³/mol. The van der Waals surface area contributed by atoms with E-state index >= 15 is 0 Å². The van der Waals surface area contributed by atoms with Gasteiger partial charge >= 0.3 is 6.18 Å². The van der Waals surface area contributed by atoms with E-state index in [1.165, 1.54) is 12.1 Å². The molecule has 0 aliphatic rings. The number of alkyl halides is 3. The zero-order valence-corrected chi connectivity index (χ0v) is 12.4. The summed E-state index contributed by atoms with van der Waals surface area (Å²) in [6.45, 7) is 0. The number of carbonyl (C=O) groups is 1. The van der Waals surface area contributed by atoms with Crippen LogP contribution >= 0.6 is 34.5 Å². The van der Waals surface area contributed by atoms with Gasteiger partial charge in [0.1, 0.15) is 4.34 Å². The molecule has 9 heteroatoms. The van der Waals surface area contributed by atoms with E-state index in [4.69, 9.17) is 28.9 Å². The van der Waals surface area contributed by atoms with Gasteiger partial charge in [-0.1, -0.05) is 23.2 Å². The summed E-state index contributed by atoms with van der Waals surface area (Å²) in [7, 11) is 0. The molecule has 0 aliphatic heterocycles. The maximum absolute atomic E-state index is 12.7. The summed E-state index contributed by atoms with van der Waals surface area (Å²) in [5.41, 5.74) is 3.89. The number of anilines is 2.